The standard InChI is InChI=1S/C15H14BrN3/c1-2-10-6-3-4-7-11(10)13-14(17)19-9-5-8-12(16)15(19)18-13/h3-9H,2,17H2,1H3. The molecule has 3 rings (SSSR count). The van der Waals surface area contributed by atoms with Gasteiger partial charge in [-0.2, -0.15) is 0 Å². The van der Waals surface area contributed by atoms with Crippen LogP contribution in [-0.4, -0.2) is 9.38 Å². The zero-order valence-electron chi connectivity index (χ0n) is 10.6. The van der Waals surface area contributed by atoms with Crippen LogP contribution in [0.25, 0.3) is 16.9 Å². The van der Waals surface area contributed by atoms with Gasteiger partial charge in [0.05, 0.1) is 4.47 Å². The van der Waals surface area contributed by atoms with Gasteiger partial charge in [0.15, 0.2) is 5.65 Å². The molecule has 0 saturated carbocycles. The maximum atomic E-state index is 6.24. The van der Waals surface area contributed by atoms with Crippen molar-refractivity contribution in [3.05, 3.63) is 52.6 Å². The van der Waals surface area contributed by atoms with Crippen LogP contribution < -0.4 is 5.73 Å². The smallest absolute Gasteiger partial charge is 0.153 e. The number of nitrogen functional groups attached to an aromatic ring is 1. The molecule has 0 unspecified atom stereocenters. The Labute approximate surface area is 120 Å². The number of anilines is 1. The molecular weight excluding hydrogens is 302 g/mol. The summed E-state index contributed by atoms with van der Waals surface area (Å²) in [6.07, 6.45) is 2.89. The van der Waals surface area contributed by atoms with E-state index in [0.717, 1.165) is 27.8 Å². The van der Waals surface area contributed by atoms with E-state index in [-0.39, 0.29) is 0 Å². The summed E-state index contributed by atoms with van der Waals surface area (Å²) in [5, 5.41) is 0. The van der Waals surface area contributed by atoms with E-state index < -0.39 is 0 Å². The van der Waals surface area contributed by atoms with Crippen LogP contribution in [0, 0.1) is 0 Å². The maximum absolute atomic E-state index is 6.24. The lowest BCUT2D eigenvalue weighted by molar-refractivity contribution is 1.14. The van der Waals surface area contributed by atoms with Gasteiger partial charge in [-0.15, -0.1) is 0 Å². The summed E-state index contributed by atoms with van der Waals surface area (Å²) >= 11 is 3.51. The van der Waals surface area contributed by atoms with Crippen LogP contribution in [-0.2, 0) is 6.42 Å². The van der Waals surface area contributed by atoms with Crippen molar-refractivity contribution in [2.75, 3.05) is 5.73 Å². The summed E-state index contributed by atoms with van der Waals surface area (Å²) < 4.78 is 2.85. The number of fused-ring (bicyclic) bond motifs is 1. The van der Waals surface area contributed by atoms with Crippen LogP contribution in [0.2, 0.25) is 0 Å². The Hall–Kier alpha value is -1.81. The fourth-order valence-corrected chi connectivity index (χ4v) is 2.74. The highest BCUT2D eigenvalue weighted by molar-refractivity contribution is 9.10. The van der Waals surface area contributed by atoms with E-state index in [0.29, 0.717) is 5.82 Å². The predicted octanol–water partition coefficient (Wildman–Crippen LogP) is 3.91. The second-order valence-electron chi connectivity index (χ2n) is 4.41. The SMILES string of the molecule is CCc1ccccc1-c1nc2c(Br)cccn2c1N. The third-order valence-electron chi connectivity index (χ3n) is 3.29. The van der Waals surface area contributed by atoms with Crippen molar-refractivity contribution in [2.45, 2.75) is 13.3 Å². The molecule has 2 N–H and O–H groups in total. The summed E-state index contributed by atoms with van der Waals surface area (Å²) in [5.74, 6) is 0.678. The molecule has 19 heavy (non-hydrogen) atoms. The zero-order chi connectivity index (χ0) is 13.4. The van der Waals surface area contributed by atoms with Crippen molar-refractivity contribution in [1.29, 1.82) is 0 Å². The van der Waals surface area contributed by atoms with Gasteiger partial charge in [-0.3, -0.25) is 4.40 Å². The van der Waals surface area contributed by atoms with E-state index in [1.807, 2.05) is 34.9 Å². The largest absolute Gasteiger partial charge is 0.383 e. The Morgan fingerprint density at radius 1 is 1.21 bits per heavy atom. The average Bonchev–Trinajstić information content (AvgIpc) is 2.78. The minimum absolute atomic E-state index is 0.678. The molecule has 0 aliphatic heterocycles. The number of benzene rings is 1. The van der Waals surface area contributed by atoms with Crippen LogP contribution in [0.1, 0.15) is 12.5 Å². The molecule has 3 nitrogen and oxygen atoms in total. The first-order valence-corrected chi connectivity index (χ1v) is 7.02. The molecule has 96 valence electrons. The molecule has 0 aliphatic carbocycles. The van der Waals surface area contributed by atoms with Gasteiger partial charge in [0.25, 0.3) is 0 Å². The molecule has 0 spiro atoms. The fraction of sp³-hybridized carbons (Fsp3) is 0.133. The normalized spacial score (nSPS) is 11.1. The number of hydrogen-bond acceptors (Lipinski definition) is 2. The third-order valence-corrected chi connectivity index (χ3v) is 3.91. The fourth-order valence-electron chi connectivity index (χ4n) is 2.31. The first-order chi connectivity index (χ1) is 9.22. The second kappa shape index (κ2) is 4.70. The van der Waals surface area contributed by atoms with Crippen molar-refractivity contribution >= 4 is 27.4 Å². The number of imidazole rings is 1. The van der Waals surface area contributed by atoms with Gasteiger partial charge < -0.3 is 5.73 Å². The summed E-state index contributed by atoms with van der Waals surface area (Å²) in [6, 6.07) is 12.2. The van der Waals surface area contributed by atoms with E-state index in [4.69, 9.17) is 5.73 Å². The minimum Gasteiger partial charge on any atom is -0.383 e. The first kappa shape index (κ1) is 12.2. The first-order valence-electron chi connectivity index (χ1n) is 6.22. The Balaban J connectivity index is 2.31. The number of aryl methyl sites for hydroxylation is 1. The topological polar surface area (TPSA) is 43.3 Å². The van der Waals surface area contributed by atoms with Crippen LogP contribution in [0.15, 0.2) is 47.1 Å². The Morgan fingerprint density at radius 3 is 2.74 bits per heavy atom. The molecule has 0 fully saturated rings. The van der Waals surface area contributed by atoms with Crippen molar-refractivity contribution in [3.63, 3.8) is 0 Å². The highest BCUT2D eigenvalue weighted by atomic mass is 79.9. The Morgan fingerprint density at radius 2 is 2.00 bits per heavy atom. The molecule has 0 bridgehead atoms. The number of aromatic nitrogens is 2. The molecule has 0 saturated heterocycles. The van der Waals surface area contributed by atoms with E-state index in [1.54, 1.807) is 0 Å². The Kier molecular flexibility index (Phi) is 3.03. The molecule has 0 aliphatic rings. The molecular formula is C15H14BrN3. The summed E-state index contributed by atoms with van der Waals surface area (Å²) in [6.45, 7) is 2.14. The predicted molar refractivity (Wildman–Crippen MR) is 82.1 cm³/mol. The quantitative estimate of drug-likeness (QED) is 0.779. The zero-order valence-corrected chi connectivity index (χ0v) is 12.2. The van der Waals surface area contributed by atoms with Crippen LogP contribution in [0.5, 0.6) is 0 Å². The molecule has 3 aromatic rings. The second-order valence-corrected chi connectivity index (χ2v) is 5.26. The van der Waals surface area contributed by atoms with Gasteiger partial charge in [0.1, 0.15) is 11.5 Å². The summed E-state index contributed by atoms with van der Waals surface area (Å²) in [4.78, 5) is 4.68. The molecule has 2 heterocycles. The monoisotopic (exact) mass is 315 g/mol. The number of nitrogens with zero attached hydrogens (tertiary/aromatic N) is 2. The molecule has 0 amide bonds. The molecule has 2 aromatic heterocycles. The van der Waals surface area contributed by atoms with E-state index >= 15 is 0 Å². The van der Waals surface area contributed by atoms with Gasteiger partial charge in [-0.25, -0.2) is 4.98 Å². The van der Waals surface area contributed by atoms with E-state index in [2.05, 4.69) is 40.0 Å². The summed E-state index contributed by atoms with van der Waals surface area (Å²) in [7, 11) is 0. The van der Waals surface area contributed by atoms with E-state index in [1.165, 1.54) is 5.56 Å². The van der Waals surface area contributed by atoms with Crippen molar-refractivity contribution in [3.8, 4) is 11.3 Å². The highest BCUT2D eigenvalue weighted by Gasteiger charge is 2.14. The lowest BCUT2D eigenvalue weighted by Crippen LogP contribution is -1.95. The number of hydrogen-bond donors (Lipinski definition) is 1. The van der Waals surface area contributed by atoms with Crippen LogP contribution in [0.4, 0.5) is 5.82 Å². The van der Waals surface area contributed by atoms with Crippen LogP contribution in [0.3, 0.4) is 0 Å². The summed E-state index contributed by atoms with van der Waals surface area (Å²) in [5.41, 5.74) is 10.3. The van der Waals surface area contributed by atoms with Crippen molar-refractivity contribution in [1.82, 2.24) is 9.38 Å². The van der Waals surface area contributed by atoms with Gasteiger partial charge in [-0.05, 0) is 40.0 Å². The average molecular weight is 316 g/mol. The maximum Gasteiger partial charge on any atom is 0.153 e. The minimum atomic E-state index is 0.678. The van der Waals surface area contributed by atoms with E-state index in [9.17, 15) is 0 Å². The number of pyridine rings is 1. The van der Waals surface area contributed by atoms with Crippen molar-refractivity contribution < 1.29 is 0 Å². The lowest BCUT2D eigenvalue weighted by Gasteiger charge is -2.05. The third kappa shape index (κ3) is 1.92. The molecule has 4 heteroatoms. The van der Waals surface area contributed by atoms with Crippen LogP contribution >= 0.6 is 15.9 Å². The van der Waals surface area contributed by atoms with Gasteiger partial charge in [0.2, 0.25) is 0 Å². The number of rotatable bonds is 2. The number of halogens is 1. The van der Waals surface area contributed by atoms with Crippen molar-refractivity contribution in [2.24, 2.45) is 0 Å². The highest BCUT2D eigenvalue weighted by Crippen LogP contribution is 2.31. The Bertz CT molecular complexity index is 746. The molecule has 0 atom stereocenters. The lowest BCUT2D eigenvalue weighted by atomic mass is 10.0. The molecule has 0 radical (unpaired) electrons. The van der Waals surface area contributed by atoms with Gasteiger partial charge in [0, 0.05) is 11.8 Å². The van der Waals surface area contributed by atoms with Gasteiger partial charge in [-0.1, -0.05) is 31.2 Å². The molecule has 1 aromatic carbocycles. The van der Waals surface area contributed by atoms with Gasteiger partial charge >= 0.3 is 0 Å². The number of nitrogens with two attached hydrogens (primary N) is 1.